The average molecular weight is 457 g/mol. The van der Waals surface area contributed by atoms with Crippen LogP contribution in [0.15, 0.2) is 6.07 Å². The number of ether oxygens (including phenoxy) is 2. The molecule has 1 aromatic carbocycles. The van der Waals surface area contributed by atoms with Crippen molar-refractivity contribution in [2.75, 3.05) is 37.7 Å². The molecule has 0 atom stereocenters. The second-order valence-corrected chi connectivity index (χ2v) is 7.78. The van der Waals surface area contributed by atoms with Crippen molar-refractivity contribution in [3.8, 4) is 11.5 Å². The van der Waals surface area contributed by atoms with E-state index in [-0.39, 0.29) is 39.4 Å². The number of benzene rings is 1. The summed E-state index contributed by atoms with van der Waals surface area (Å²) < 4.78 is 53.4. The summed E-state index contributed by atoms with van der Waals surface area (Å²) in [6.45, 7) is 0.297. The molecule has 2 aliphatic rings. The molecule has 1 aromatic heterocycles. The highest BCUT2D eigenvalue weighted by Crippen LogP contribution is 2.48. The van der Waals surface area contributed by atoms with Gasteiger partial charge in [-0.15, -0.1) is 0 Å². The number of alkyl halides is 2. The van der Waals surface area contributed by atoms with Gasteiger partial charge in [-0.1, -0.05) is 12.2 Å². The van der Waals surface area contributed by atoms with E-state index in [1.165, 1.54) is 4.57 Å². The predicted octanol–water partition coefficient (Wildman–Crippen LogP) is 3.74. The zero-order chi connectivity index (χ0) is 22.3. The van der Waals surface area contributed by atoms with Crippen LogP contribution in [0.5, 0.6) is 11.5 Å². The van der Waals surface area contributed by atoms with E-state index in [1.807, 2.05) is 0 Å². The molecule has 1 saturated heterocycles. The number of pyridine rings is 1. The molecule has 1 saturated carbocycles. The number of halogens is 3. The van der Waals surface area contributed by atoms with Crippen LogP contribution in [0.4, 0.5) is 18.9 Å². The van der Waals surface area contributed by atoms with Gasteiger partial charge in [0.05, 0.1) is 12.1 Å². The van der Waals surface area contributed by atoms with Gasteiger partial charge in [0, 0.05) is 37.6 Å². The van der Waals surface area contributed by atoms with Crippen molar-refractivity contribution in [2.24, 2.45) is 0 Å². The number of aromatic hydroxyl groups is 1. The highest BCUT2D eigenvalue weighted by atomic mass is 32.1. The van der Waals surface area contributed by atoms with E-state index in [0.29, 0.717) is 39.0 Å². The molecule has 1 aliphatic carbocycles. The Morgan fingerprint density at radius 1 is 1.35 bits per heavy atom. The Labute approximate surface area is 181 Å². The standard InChI is InChI=1S/C20H22F3N3O4S/c1-2-29-19(28)13-16(27)11-9-12(21)15(25-7-5-24-6-8-25)17(30-20(22)23)14(11)26(18(13)31)10-3-4-10/h9-10,20,24,27H,2-8H2,1H3. The topological polar surface area (TPSA) is 76.0 Å². The van der Waals surface area contributed by atoms with Crippen molar-refractivity contribution in [2.45, 2.75) is 32.4 Å². The molecular formula is C20H22F3N3O4S. The van der Waals surface area contributed by atoms with Crippen molar-refractivity contribution in [1.82, 2.24) is 9.88 Å². The van der Waals surface area contributed by atoms with Crippen LogP contribution in [-0.2, 0) is 4.74 Å². The Balaban J connectivity index is 2.08. The maximum atomic E-state index is 15.3. The number of hydrogen-bond acceptors (Lipinski definition) is 7. The number of rotatable bonds is 6. The zero-order valence-electron chi connectivity index (χ0n) is 16.8. The van der Waals surface area contributed by atoms with Gasteiger partial charge < -0.3 is 29.4 Å². The number of aromatic nitrogens is 1. The number of anilines is 1. The van der Waals surface area contributed by atoms with Crippen molar-refractivity contribution in [3.63, 3.8) is 0 Å². The summed E-state index contributed by atoms with van der Waals surface area (Å²) in [6, 6.07) is 0.863. The van der Waals surface area contributed by atoms with Gasteiger partial charge in [0.15, 0.2) is 11.6 Å². The van der Waals surface area contributed by atoms with Crippen molar-refractivity contribution in [3.05, 3.63) is 22.1 Å². The number of nitrogens with one attached hydrogen (secondary N) is 1. The number of piperazine rings is 1. The minimum atomic E-state index is -3.22. The predicted molar refractivity (Wildman–Crippen MR) is 110 cm³/mol. The molecule has 31 heavy (non-hydrogen) atoms. The van der Waals surface area contributed by atoms with Crippen LogP contribution in [0, 0.1) is 10.5 Å². The summed E-state index contributed by atoms with van der Waals surface area (Å²) in [5, 5.41) is 13.8. The van der Waals surface area contributed by atoms with Crippen molar-refractivity contribution < 1.29 is 32.5 Å². The van der Waals surface area contributed by atoms with Gasteiger partial charge in [-0.3, -0.25) is 0 Å². The molecule has 7 nitrogen and oxygen atoms in total. The second kappa shape index (κ2) is 8.54. The molecule has 4 rings (SSSR count). The number of carbonyl (C=O) groups is 1. The van der Waals surface area contributed by atoms with E-state index in [0.717, 1.165) is 6.07 Å². The fourth-order valence-electron chi connectivity index (χ4n) is 3.94. The number of nitrogens with zero attached hydrogens (tertiary/aromatic N) is 2. The molecule has 2 N–H and O–H groups in total. The quantitative estimate of drug-likeness (QED) is 0.506. The monoisotopic (exact) mass is 457 g/mol. The molecule has 2 aromatic rings. The molecule has 2 fully saturated rings. The van der Waals surface area contributed by atoms with E-state index in [9.17, 15) is 18.7 Å². The Morgan fingerprint density at radius 2 is 2.03 bits per heavy atom. The molecular weight excluding hydrogens is 435 g/mol. The minimum absolute atomic E-state index is 0.0462. The molecule has 0 amide bonds. The Bertz CT molecular complexity index is 1080. The third-order valence-electron chi connectivity index (χ3n) is 5.38. The summed E-state index contributed by atoms with van der Waals surface area (Å²) in [6.07, 6.45) is 1.40. The van der Waals surface area contributed by atoms with Gasteiger partial charge >= 0.3 is 12.6 Å². The summed E-state index contributed by atoms with van der Waals surface area (Å²) in [7, 11) is 0. The highest BCUT2D eigenvalue weighted by molar-refractivity contribution is 7.71. The van der Waals surface area contributed by atoms with Crippen LogP contribution >= 0.6 is 12.2 Å². The largest absolute Gasteiger partial charge is 0.506 e. The number of fused-ring (bicyclic) bond motifs is 1. The lowest BCUT2D eigenvalue weighted by atomic mass is 10.1. The maximum absolute atomic E-state index is 15.3. The lowest BCUT2D eigenvalue weighted by Gasteiger charge is -2.32. The van der Waals surface area contributed by atoms with E-state index >= 15 is 4.39 Å². The van der Waals surface area contributed by atoms with E-state index in [1.54, 1.807) is 11.8 Å². The van der Waals surface area contributed by atoms with Crippen molar-refractivity contribution in [1.29, 1.82) is 0 Å². The number of esters is 1. The maximum Gasteiger partial charge on any atom is 0.387 e. The lowest BCUT2D eigenvalue weighted by Crippen LogP contribution is -2.44. The Hall–Kier alpha value is -2.53. The van der Waals surface area contributed by atoms with E-state index < -0.39 is 29.9 Å². The Morgan fingerprint density at radius 3 is 2.61 bits per heavy atom. The van der Waals surface area contributed by atoms with Gasteiger partial charge in [0.2, 0.25) is 0 Å². The van der Waals surface area contributed by atoms with Gasteiger partial charge in [-0.05, 0) is 25.8 Å². The summed E-state index contributed by atoms with van der Waals surface area (Å²) in [5.41, 5.74) is -0.344. The minimum Gasteiger partial charge on any atom is -0.506 e. The first-order valence-electron chi connectivity index (χ1n) is 10.1. The number of hydrogen-bond donors (Lipinski definition) is 2. The van der Waals surface area contributed by atoms with Gasteiger partial charge in [0.25, 0.3) is 0 Å². The van der Waals surface area contributed by atoms with Crippen LogP contribution in [0.1, 0.15) is 36.2 Å². The summed E-state index contributed by atoms with van der Waals surface area (Å²) >= 11 is 5.46. The first-order chi connectivity index (χ1) is 14.8. The lowest BCUT2D eigenvalue weighted by molar-refractivity contribution is -0.0488. The third kappa shape index (κ3) is 3.91. The highest BCUT2D eigenvalue weighted by Gasteiger charge is 2.34. The molecule has 0 radical (unpaired) electrons. The second-order valence-electron chi connectivity index (χ2n) is 7.40. The average Bonchev–Trinajstić information content (AvgIpc) is 3.54. The van der Waals surface area contributed by atoms with E-state index in [2.05, 4.69) is 5.32 Å². The first-order valence-corrected chi connectivity index (χ1v) is 10.5. The van der Waals surface area contributed by atoms with Crippen LogP contribution in [0.2, 0.25) is 0 Å². The zero-order valence-corrected chi connectivity index (χ0v) is 17.6. The molecule has 0 bridgehead atoms. The van der Waals surface area contributed by atoms with Crippen LogP contribution in [0.3, 0.4) is 0 Å². The van der Waals surface area contributed by atoms with Gasteiger partial charge in [-0.2, -0.15) is 8.78 Å². The third-order valence-corrected chi connectivity index (χ3v) is 5.78. The fraction of sp³-hybridized carbons (Fsp3) is 0.500. The summed E-state index contributed by atoms with van der Waals surface area (Å²) in [4.78, 5) is 14.1. The normalized spacial score (nSPS) is 16.7. The van der Waals surface area contributed by atoms with Crippen LogP contribution in [-0.4, -0.2) is 55.0 Å². The van der Waals surface area contributed by atoms with Crippen LogP contribution < -0.4 is 15.0 Å². The molecule has 11 heteroatoms. The van der Waals surface area contributed by atoms with Crippen molar-refractivity contribution >= 4 is 34.8 Å². The summed E-state index contributed by atoms with van der Waals surface area (Å²) in [5.74, 6) is -2.70. The van der Waals surface area contributed by atoms with Gasteiger partial charge in [0.1, 0.15) is 21.6 Å². The SMILES string of the molecule is CCOC(=O)c1c(O)c2cc(F)c(N3CCNCC3)c(OC(F)F)c2n(C2CC2)c1=S. The molecule has 2 heterocycles. The van der Waals surface area contributed by atoms with E-state index in [4.69, 9.17) is 21.7 Å². The first kappa shape index (κ1) is 21.7. The van der Waals surface area contributed by atoms with Crippen LogP contribution in [0.25, 0.3) is 10.9 Å². The smallest absolute Gasteiger partial charge is 0.387 e. The molecule has 0 unspecified atom stereocenters. The molecule has 1 aliphatic heterocycles. The fourth-order valence-corrected chi connectivity index (χ4v) is 4.36. The van der Waals surface area contributed by atoms with Gasteiger partial charge in [-0.25, -0.2) is 9.18 Å². The Kier molecular flexibility index (Phi) is 5.98. The molecule has 168 valence electrons. The molecule has 0 spiro atoms. The number of carbonyl (C=O) groups excluding carboxylic acids is 1.